The molecule has 0 bridgehead atoms. The van der Waals surface area contributed by atoms with Gasteiger partial charge in [-0.3, -0.25) is 0 Å². The van der Waals surface area contributed by atoms with Crippen LogP contribution in [0.1, 0.15) is 30.0 Å². The molecule has 0 unspecified atom stereocenters. The van der Waals surface area contributed by atoms with Crippen LogP contribution in [0, 0.1) is 0 Å². The summed E-state index contributed by atoms with van der Waals surface area (Å²) >= 11 is 0. The van der Waals surface area contributed by atoms with Gasteiger partial charge in [0.25, 0.3) is 0 Å². The lowest BCUT2D eigenvalue weighted by Crippen LogP contribution is -1.87. The van der Waals surface area contributed by atoms with Crippen molar-refractivity contribution in [2.75, 3.05) is 0 Å². The van der Waals surface area contributed by atoms with Crippen LogP contribution in [0.4, 0.5) is 0 Å². The second-order valence-corrected chi connectivity index (χ2v) is 4.90. The third kappa shape index (κ3) is 3.69. The van der Waals surface area contributed by atoms with E-state index in [0.29, 0.717) is 23.1 Å². The topological polar surface area (TPSA) is 80.9 Å². The van der Waals surface area contributed by atoms with Crippen molar-refractivity contribution in [3.8, 4) is 23.0 Å². The summed E-state index contributed by atoms with van der Waals surface area (Å²) in [4.78, 5) is 0. The molecule has 21 heavy (non-hydrogen) atoms. The molecule has 0 saturated carbocycles. The summed E-state index contributed by atoms with van der Waals surface area (Å²) in [6.07, 6.45) is 4.80. The molecule has 2 rings (SSSR count). The molecule has 0 aliphatic carbocycles. The van der Waals surface area contributed by atoms with E-state index < -0.39 is 0 Å². The molecule has 0 amide bonds. The van der Waals surface area contributed by atoms with E-state index in [-0.39, 0.29) is 23.0 Å². The Labute approximate surface area is 123 Å². The number of benzene rings is 2. The summed E-state index contributed by atoms with van der Waals surface area (Å²) in [7, 11) is 0. The zero-order valence-corrected chi connectivity index (χ0v) is 11.7. The van der Waals surface area contributed by atoms with Crippen molar-refractivity contribution in [1.29, 1.82) is 0 Å². The third-order valence-corrected chi connectivity index (χ3v) is 3.12. The van der Waals surface area contributed by atoms with Gasteiger partial charge in [0.15, 0.2) is 0 Å². The molecule has 0 fully saturated rings. The first-order valence-electron chi connectivity index (χ1n) is 6.75. The van der Waals surface area contributed by atoms with Gasteiger partial charge in [0, 0.05) is 11.6 Å². The molecule has 0 atom stereocenters. The summed E-state index contributed by atoms with van der Waals surface area (Å²) in [5, 5.41) is 38.6. The first-order chi connectivity index (χ1) is 9.99. The predicted octanol–water partition coefficient (Wildman–Crippen LogP) is 3.63. The largest absolute Gasteiger partial charge is 0.508 e. The zero-order valence-electron chi connectivity index (χ0n) is 11.7. The molecule has 0 aliphatic rings. The average molecular weight is 286 g/mol. The molecule has 0 aliphatic heterocycles. The van der Waals surface area contributed by atoms with Crippen LogP contribution in [0.25, 0.3) is 12.2 Å². The molecule has 2 aromatic carbocycles. The molecular formula is C17H18O4. The van der Waals surface area contributed by atoms with Crippen LogP contribution in [0.5, 0.6) is 23.0 Å². The van der Waals surface area contributed by atoms with Gasteiger partial charge in [0.2, 0.25) is 0 Å². The SMILES string of the molecule is CCCc1c(O)cc(/C=C/c2cc(O)cc(O)c2)cc1O. The third-order valence-electron chi connectivity index (χ3n) is 3.12. The minimum Gasteiger partial charge on any atom is -0.508 e. The molecular weight excluding hydrogens is 268 g/mol. The van der Waals surface area contributed by atoms with Crippen LogP contribution in [0.3, 0.4) is 0 Å². The Hall–Kier alpha value is -2.62. The second kappa shape index (κ2) is 6.22. The smallest absolute Gasteiger partial charge is 0.123 e. The normalized spacial score (nSPS) is 11.1. The number of phenolic OH excluding ortho intramolecular Hbond substituents is 4. The molecule has 110 valence electrons. The first-order valence-corrected chi connectivity index (χ1v) is 6.75. The van der Waals surface area contributed by atoms with Crippen LogP contribution in [0.2, 0.25) is 0 Å². The molecule has 0 spiro atoms. The van der Waals surface area contributed by atoms with E-state index in [2.05, 4.69) is 0 Å². The molecule has 4 nitrogen and oxygen atoms in total. The maximum Gasteiger partial charge on any atom is 0.123 e. The molecule has 2 aromatic rings. The quantitative estimate of drug-likeness (QED) is 0.647. The van der Waals surface area contributed by atoms with Gasteiger partial charge in [-0.1, -0.05) is 25.5 Å². The molecule has 4 N–H and O–H groups in total. The van der Waals surface area contributed by atoms with Gasteiger partial charge < -0.3 is 20.4 Å². The van der Waals surface area contributed by atoms with Crippen molar-refractivity contribution in [3.63, 3.8) is 0 Å². The maximum absolute atomic E-state index is 9.91. The minimum atomic E-state index is -0.0290. The predicted molar refractivity (Wildman–Crippen MR) is 82.5 cm³/mol. The van der Waals surface area contributed by atoms with Crippen molar-refractivity contribution < 1.29 is 20.4 Å². The van der Waals surface area contributed by atoms with Crippen molar-refractivity contribution in [2.45, 2.75) is 19.8 Å². The van der Waals surface area contributed by atoms with Gasteiger partial charge in [-0.05, 0) is 41.8 Å². The molecule has 4 heteroatoms. The molecule has 0 saturated heterocycles. The van der Waals surface area contributed by atoms with Gasteiger partial charge in [-0.25, -0.2) is 0 Å². The van der Waals surface area contributed by atoms with E-state index in [4.69, 9.17) is 0 Å². The fourth-order valence-electron chi connectivity index (χ4n) is 2.17. The van der Waals surface area contributed by atoms with E-state index in [1.807, 2.05) is 6.92 Å². The number of phenols is 4. The lowest BCUT2D eigenvalue weighted by molar-refractivity contribution is 0.437. The average Bonchev–Trinajstić information content (AvgIpc) is 2.39. The van der Waals surface area contributed by atoms with Crippen LogP contribution in [0.15, 0.2) is 30.3 Å². The number of hydrogen-bond donors (Lipinski definition) is 4. The highest BCUT2D eigenvalue weighted by atomic mass is 16.3. The summed E-state index contributed by atoms with van der Waals surface area (Å²) < 4.78 is 0. The summed E-state index contributed by atoms with van der Waals surface area (Å²) in [6.45, 7) is 1.97. The Morgan fingerprint density at radius 1 is 0.762 bits per heavy atom. The zero-order chi connectivity index (χ0) is 15.4. The number of rotatable bonds is 4. The van der Waals surface area contributed by atoms with Crippen LogP contribution in [-0.2, 0) is 6.42 Å². The van der Waals surface area contributed by atoms with Crippen molar-refractivity contribution in [1.82, 2.24) is 0 Å². The Bertz CT molecular complexity index is 631. The van der Waals surface area contributed by atoms with Crippen LogP contribution >= 0.6 is 0 Å². The lowest BCUT2D eigenvalue weighted by atomic mass is 10.0. The maximum atomic E-state index is 9.91. The van der Waals surface area contributed by atoms with Gasteiger partial charge in [-0.15, -0.1) is 0 Å². The van der Waals surface area contributed by atoms with E-state index in [1.54, 1.807) is 24.3 Å². The fourth-order valence-corrected chi connectivity index (χ4v) is 2.17. The molecule has 0 aromatic heterocycles. The van der Waals surface area contributed by atoms with Gasteiger partial charge in [0.05, 0.1) is 0 Å². The van der Waals surface area contributed by atoms with Crippen LogP contribution in [-0.4, -0.2) is 20.4 Å². The Balaban J connectivity index is 2.29. The van der Waals surface area contributed by atoms with Crippen molar-refractivity contribution >= 4 is 12.2 Å². The highest BCUT2D eigenvalue weighted by Crippen LogP contribution is 2.31. The summed E-state index contributed by atoms with van der Waals surface area (Å²) in [6, 6.07) is 7.39. The molecule has 0 radical (unpaired) electrons. The van der Waals surface area contributed by atoms with E-state index >= 15 is 0 Å². The van der Waals surface area contributed by atoms with Gasteiger partial charge in [0.1, 0.15) is 23.0 Å². The Kier molecular flexibility index (Phi) is 4.38. The monoisotopic (exact) mass is 286 g/mol. The van der Waals surface area contributed by atoms with Crippen LogP contribution < -0.4 is 0 Å². The minimum absolute atomic E-state index is 0.0290. The Morgan fingerprint density at radius 2 is 1.24 bits per heavy atom. The highest BCUT2D eigenvalue weighted by Gasteiger charge is 2.07. The lowest BCUT2D eigenvalue weighted by Gasteiger charge is -2.07. The summed E-state index contributed by atoms with van der Waals surface area (Å²) in [5.41, 5.74) is 1.79. The summed E-state index contributed by atoms with van der Waals surface area (Å²) in [5.74, 6) is 0.0720. The van der Waals surface area contributed by atoms with E-state index in [0.717, 1.165) is 6.42 Å². The number of aromatic hydroxyl groups is 4. The van der Waals surface area contributed by atoms with E-state index in [9.17, 15) is 20.4 Å². The standard InChI is InChI=1S/C17H18O4/c1-2-3-15-16(20)8-12(9-17(15)21)5-4-11-6-13(18)10-14(19)7-11/h4-10,18-21H,2-3H2,1H3/b5-4+. The van der Waals surface area contributed by atoms with E-state index in [1.165, 1.54) is 18.2 Å². The second-order valence-electron chi connectivity index (χ2n) is 4.90. The van der Waals surface area contributed by atoms with Crippen molar-refractivity contribution in [3.05, 3.63) is 47.0 Å². The Morgan fingerprint density at radius 3 is 1.71 bits per heavy atom. The number of hydrogen-bond acceptors (Lipinski definition) is 4. The fraction of sp³-hybridized carbons (Fsp3) is 0.176. The molecule has 0 heterocycles. The van der Waals surface area contributed by atoms with Crippen molar-refractivity contribution in [2.24, 2.45) is 0 Å². The first kappa shape index (κ1) is 14.8. The highest BCUT2D eigenvalue weighted by molar-refractivity contribution is 5.72. The van der Waals surface area contributed by atoms with Gasteiger partial charge >= 0.3 is 0 Å². The van der Waals surface area contributed by atoms with Gasteiger partial charge in [-0.2, -0.15) is 0 Å².